The molecule has 1 atom stereocenters. The van der Waals surface area contributed by atoms with Crippen molar-refractivity contribution in [2.45, 2.75) is 25.8 Å². The van der Waals surface area contributed by atoms with E-state index >= 15 is 0 Å². The van der Waals surface area contributed by atoms with Crippen LogP contribution in [0.3, 0.4) is 0 Å². The molecule has 0 saturated heterocycles. The van der Waals surface area contributed by atoms with Crippen molar-refractivity contribution in [2.24, 2.45) is 0 Å². The third-order valence-electron chi connectivity index (χ3n) is 2.51. The van der Waals surface area contributed by atoms with Gasteiger partial charge in [-0.1, -0.05) is 6.07 Å². The Morgan fingerprint density at radius 2 is 2.07 bits per heavy atom. The number of benzene rings is 1. The molecule has 0 saturated carbocycles. The van der Waals surface area contributed by atoms with Crippen molar-refractivity contribution in [3.63, 3.8) is 0 Å². The van der Waals surface area contributed by atoms with Gasteiger partial charge in [0.25, 0.3) is 0 Å². The van der Waals surface area contributed by atoms with Crippen LogP contribution in [0, 0.1) is 6.92 Å². The molecule has 2 rings (SSSR count). The number of alkyl halides is 3. The lowest BCUT2D eigenvalue weighted by Crippen LogP contribution is -2.19. The molecule has 82 valence electrons. The summed E-state index contributed by atoms with van der Waals surface area (Å²) in [6.45, 7) is 1.66. The van der Waals surface area contributed by atoms with Crippen LogP contribution >= 0.6 is 0 Å². The molecule has 1 heterocycles. The third-order valence-corrected chi connectivity index (χ3v) is 2.51. The van der Waals surface area contributed by atoms with Crippen LogP contribution in [0.2, 0.25) is 0 Å². The number of rotatable bonds is 0. The molecule has 0 spiro atoms. The highest BCUT2D eigenvalue weighted by Gasteiger charge is 2.45. The van der Waals surface area contributed by atoms with E-state index in [0.717, 1.165) is 0 Å². The Balaban J connectivity index is 2.47. The van der Waals surface area contributed by atoms with Gasteiger partial charge in [-0.15, -0.1) is 0 Å². The Bertz CT molecular complexity index is 400. The summed E-state index contributed by atoms with van der Waals surface area (Å²) in [6, 6.07) is 3.01. The van der Waals surface area contributed by atoms with Crippen LogP contribution in [0.25, 0.3) is 0 Å². The number of ether oxygens (including phenoxy) is 1. The fourth-order valence-electron chi connectivity index (χ4n) is 1.70. The zero-order valence-corrected chi connectivity index (χ0v) is 8.06. The molecule has 0 fully saturated rings. The van der Waals surface area contributed by atoms with E-state index in [1.165, 1.54) is 6.07 Å². The van der Waals surface area contributed by atoms with Crippen molar-refractivity contribution < 1.29 is 17.9 Å². The summed E-state index contributed by atoms with van der Waals surface area (Å²) in [4.78, 5) is 0. The van der Waals surface area contributed by atoms with Gasteiger partial charge in [0.2, 0.25) is 0 Å². The van der Waals surface area contributed by atoms with Gasteiger partial charge in [-0.25, -0.2) is 0 Å². The number of aryl methyl sites for hydroxylation is 1. The second-order valence-electron chi connectivity index (χ2n) is 3.64. The minimum atomic E-state index is -4.35. The number of halogens is 3. The average Bonchev–Trinajstić information content (AvgIpc) is 2.47. The molecule has 2 N–H and O–H groups in total. The molecule has 1 aliphatic heterocycles. The van der Waals surface area contributed by atoms with E-state index in [1.54, 1.807) is 13.0 Å². The average molecular weight is 217 g/mol. The summed E-state index contributed by atoms with van der Waals surface area (Å²) in [5.41, 5.74) is 7.47. The molecule has 2 nitrogen and oxygen atoms in total. The Morgan fingerprint density at radius 1 is 1.40 bits per heavy atom. The summed E-state index contributed by atoms with van der Waals surface area (Å²) in [6.07, 6.45) is -6.15. The number of nitrogens with two attached hydrogens (primary N) is 1. The number of nitrogen functional groups attached to an aromatic ring is 1. The van der Waals surface area contributed by atoms with E-state index in [2.05, 4.69) is 0 Å². The second kappa shape index (κ2) is 3.13. The first-order valence-corrected chi connectivity index (χ1v) is 4.47. The summed E-state index contributed by atoms with van der Waals surface area (Å²) in [5.74, 6) is 0. The number of anilines is 1. The molecular formula is C10H10F3NO. The van der Waals surface area contributed by atoms with Crippen molar-refractivity contribution in [1.82, 2.24) is 0 Å². The Labute approximate surface area is 84.8 Å². The molecular weight excluding hydrogens is 207 g/mol. The van der Waals surface area contributed by atoms with Gasteiger partial charge in [0.15, 0.2) is 6.10 Å². The van der Waals surface area contributed by atoms with Gasteiger partial charge in [-0.3, -0.25) is 0 Å². The van der Waals surface area contributed by atoms with Gasteiger partial charge in [-0.05, 0) is 29.7 Å². The fourth-order valence-corrected chi connectivity index (χ4v) is 1.70. The van der Waals surface area contributed by atoms with Gasteiger partial charge >= 0.3 is 6.18 Å². The molecule has 1 aliphatic rings. The maximum atomic E-state index is 12.5. The standard InChI is InChI=1S/C10H10F3NO/c1-5-2-7-6(3-8(5)14)4-15-9(7)10(11,12)13/h2-3,9H,4,14H2,1H3. The zero-order valence-electron chi connectivity index (χ0n) is 8.06. The maximum Gasteiger partial charge on any atom is 0.418 e. The quantitative estimate of drug-likeness (QED) is 0.678. The summed E-state index contributed by atoms with van der Waals surface area (Å²) < 4.78 is 42.3. The van der Waals surface area contributed by atoms with E-state index in [4.69, 9.17) is 10.5 Å². The SMILES string of the molecule is Cc1cc2c(cc1N)COC2C(F)(F)F. The number of fused-ring (bicyclic) bond motifs is 1. The first kappa shape index (κ1) is 10.3. The van der Waals surface area contributed by atoms with Gasteiger partial charge < -0.3 is 10.5 Å². The van der Waals surface area contributed by atoms with Crippen molar-refractivity contribution in [2.75, 3.05) is 5.73 Å². The Hall–Kier alpha value is -1.23. The monoisotopic (exact) mass is 217 g/mol. The second-order valence-corrected chi connectivity index (χ2v) is 3.64. The highest BCUT2D eigenvalue weighted by atomic mass is 19.4. The predicted molar refractivity (Wildman–Crippen MR) is 49.2 cm³/mol. The zero-order chi connectivity index (χ0) is 11.2. The lowest BCUT2D eigenvalue weighted by molar-refractivity contribution is -0.219. The van der Waals surface area contributed by atoms with Crippen LogP contribution < -0.4 is 5.73 Å². The van der Waals surface area contributed by atoms with Crippen LogP contribution in [0.5, 0.6) is 0 Å². The summed E-state index contributed by atoms with van der Waals surface area (Å²) >= 11 is 0. The van der Waals surface area contributed by atoms with E-state index < -0.39 is 12.3 Å². The lowest BCUT2D eigenvalue weighted by atomic mass is 10.0. The van der Waals surface area contributed by atoms with Crippen LogP contribution in [-0.2, 0) is 11.3 Å². The Morgan fingerprint density at radius 3 is 2.67 bits per heavy atom. The van der Waals surface area contributed by atoms with Crippen LogP contribution in [0.15, 0.2) is 12.1 Å². The first-order chi connectivity index (χ1) is 6.89. The van der Waals surface area contributed by atoms with E-state index in [0.29, 0.717) is 16.8 Å². The van der Waals surface area contributed by atoms with Crippen molar-refractivity contribution in [3.05, 3.63) is 28.8 Å². The fraction of sp³-hybridized carbons (Fsp3) is 0.400. The van der Waals surface area contributed by atoms with Crippen molar-refractivity contribution >= 4 is 5.69 Å². The smallest absolute Gasteiger partial charge is 0.399 e. The third kappa shape index (κ3) is 1.67. The number of hydrogen-bond donors (Lipinski definition) is 1. The minimum Gasteiger partial charge on any atom is -0.399 e. The van der Waals surface area contributed by atoms with Gasteiger partial charge in [0, 0.05) is 5.69 Å². The molecule has 0 aromatic heterocycles. The van der Waals surface area contributed by atoms with Crippen LogP contribution in [-0.4, -0.2) is 6.18 Å². The molecule has 15 heavy (non-hydrogen) atoms. The summed E-state index contributed by atoms with van der Waals surface area (Å²) in [7, 11) is 0. The van der Waals surface area contributed by atoms with Crippen LogP contribution in [0.4, 0.5) is 18.9 Å². The van der Waals surface area contributed by atoms with Crippen molar-refractivity contribution in [3.8, 4) is 0 Å². The van der Waals surface area contributed by atoms with E-state index in [1.807, 2.05) is 0 Å². The molecule has 1 aromatic carbocycles. The largest absolute Gasteiger partial charge is 0.418 e. The van der Waals surface area contributed by atoms with Gasteiger partial charge in [0.05, 0.1) is 6.61 Å². The maximum absolute atomic E-state index is 12.5. The predicted octanol–water partition coefficient (Wildman–Crippen LogP) is 2.71. The molecule has 5 heteroatoms. The molecule has 1 aromatic rings. The van der Waals surface area contributed by atoms with Crippen molar-refractivity contribution in [1.29, 1.82) is 0 Å². The minimum absolute atomic E-state index is 0.0238. The topological polar surface area (TPSA) is 35.2 Å². The normalized spacial score (nSPS) is 20.4. The molecule has 0 amide bonds. The highest BCUT2D eigenvalue weighted by molar-refractivity contribution is 5.53. The van der Waals surface area contributed by atoms with E-state index in [9.17, 15) is 13.2 Å². The molecule has 0 bridgehead atoms. The summed E-state index contributed by atoms with van der Waals surface area (Å²) in [5, 5.41) is 0. The highest BCUT2D eigenvalue weighted by Crippen LogP contribution is 2.43. The van der Waals surface area contributed by atoms with Gasteiger partial charge in [0.1, 0.15) is 0 Å². The first-order valence-electron chi connectivity index (χ1n) is 4.47. The number of hydrogen-bond acceptors (Lipinski definition) is 2. The lowest BCUT2D eigenvalue weighted by Gasteiger charge is -2.15. The molecule has 0 radical (unpaired) electrons. The Kier molecular flexibility index (Phi) is 2.15. The van der Waals surface area contributed by atoms with Gasteiger partial charge in [-0.2, -0.15) is 13.2 Å². The molecule has 0 aliphatic carbocycles. The van der Waals surface area contributed by atoms with Crippen LogP contribution in [0.1, 0.15) is 22.8 Å². The molecule has 1 unspecified atom stereocenters. The van der Waals surface area contributed by atoms with E-state index in [-0.39, 0.29) is 12.2 Å².